The first-order valence-corrected chi connectivity index (χ1v) is 4.49. The number of hydrogen-bond donors (Lipinski definition) is 2. The molecule has 0 saturated carbocycles. The van der Waals surface area contributed by atoms with Gasteiger partial charge in [0.25, 0.3) is 6.47 Å². The van der Waals surface area contributed by atoms with Gasteiger partial charge in [-0.3, -0.25) is 4.79 Å². The van der Waals surface area contributed by atoms with E-state index in [0.29, 0.717) is 5.56 Å². The molecule has 0 aliphatic heterocycles. The first kappa shape index (κ1) is 23.3. The van der Waals surface area contributed by atoms with Crippen molar-refractivity contribution in [2.24, 2.45) is 0 Å². The largest absolute Gasteiger partial charge is 0.483 e. The minimum Gasteiger partial charge on any atom is -0.483 e. The van der Waals surface area contributed by atoms with Crippen LogP contribution in [0, 0.1) is 0 Å². The van der Waals surface area contributed by atoms with Gasteiger partial charge in [0, 0.05) is 50.3 Å². The van der Waals surface area contributed by atoms with Crippen LogP contribution >= 0.6 is 0 Å². The van der Waals surface area contributed by atoms with Crippen LogP contribution in [-0.2, 0) is 55.1 Å². The van der Waals surface area contributed by atoms with Crippen molar-refractivity contribution in [3.8, 4) is 0 Å². The number of hydrogen-bond acceptors (Lipinski definition) is 2. The Bertz CT molecular complexity index is 512. The van der Waals surface area contributed by atoms with Crippen molar-refractivity contribution in [3.05, 3.63) is 48.0 Å². The normalized spacial score (nSPS) is 7.58. The second-order valence-electron chi connectivity index (χ2n) is 2.94. The van der Waals surface area contributed by atoms with E-state index in [1.807, 2.05) is 30.3 Å². The zero-order valence-corrected chi connectivity index (χ0v) is 12.5. The molecule has 7 heteroatoms. The van der Waals surface area contributed by atoms with Gasteiger partial charge in [0.2, 0.25) is 0 Å². The van der Waals surface area contributed by atoms with Gasteiger partial charge >= 0.3 is 5.97 Å². The molecular formula is C12H10Co3O4. The average molecular weight is 395 g/mol. The Kier molecular flexibility index (Phi) is 14.9. The fourth-order valence-corrected chi connectivity index (χ4v) is 1.41. The maximum atomic E-state index is 10.8. The van der Waals surface area contributed by atoms with Gasteiger partial charge in [0.1, 0.15) is 0 Å². The van der Waals surface area contributed by atoms with Gasteiger partial charge in [-0.25, -0.2) is 4.79 Å². The second kappa shape index (κ2) is 12.2. The summed E-state index contributed by atoms with van der Waals surface area (Å²) in [6.07, 6.45) is 0. The summed E-state index contributed by atoms with van der Waals surface area (Å²) in [5.41, 5.74) is 0.359. The predicted octanol–water partition coefficient (Wildman–Crippen LogP) is 2.23. The van der Waals surface area contributed by atoms with Crippen LogP contribution in [0.5, 0.6) is 0 Å². The Balaban J connectivity index is -0.000000393. The summed E-state index contributed by atoms with van der Waals surface area (Å²) < 4.78 is 0. The minimum absolute atomic E-state index is 0. The molecule has 0 saturated heterocycles. The molecule has 0 atom stereocenters. The van der Waals surface area contributed by atoms with E-state index in [9.17, 15) is 4.79 Å². The van der Waals surface area contributed by atoms with Crippen LogP contribution in [0.1, 0.15) is 10.4 Å². The first-order chi connectivity index (χ1) is 7.70. The van der Waals surface area contributed by atoms with Gasteiger partial charge in [-0.1, -0.05) is 36.4 Å². The smallest absolute Gasteiger partial charge is 0.336 e. The summed E-state index contributed by atoms with van der Waals surface area (Å²) in [7, 11) is 0. The van der Waals surface area contributed by atoms with Crippen molar-refractivity contribution in [2.45, 2.75) is 0 Å². The van der Waals surface area contributed by atoms with Crippen LogP contribution in [0.25, 0.3) is 10.8 Å². The van der Waals surface area contributed by atoms with E-state index in [2.05, 4.69) is 0 Å². The molecule has 2 aromatic rings. The maximum Gasteiger partial charge on any atom is 0.336 e. The number of carboxylic acid groups (broad SMARTS) is 2. The molecule has 0 spiro atoms. The van der Waals surface area contributed by atoms with Crippen molar-refractivity contribution in [1.82, 2.24) is 0 Å². The van der Waals surface area contributed by atoms with Crippen LogP contribution in [0.15, 0.2) is 42.5 Å². The Hall–Kier alpha value is -0.841. The van der Waals surface area contributed by atoms with Gasteiger partial charge in [-0.05, 0) is 16.8 Å². The third-order valence-corrected chi connectivity index (χ3v) is 2.02. The molecule has 3 radical (unpaired) electrons. The Morgan fingerprint density at radius 1 is 0.947 bits per heavy atom. The third-order valence-electron chi connectivity index (χ3n) is 2.02. The fraction of sp³-hybridized carbons (Fsp3) is 0. The number of rotatable bonds is 1. The molecule has 2 aromatic carbocycles. The van der Waals surface area contributed by atoms with Crippen LogP contribution in [0.3, 0.4) is 0 Å². The Morgan fingerprint density at radius 2 is 1.42 bits per heavy atom. The summed E-state index contributed by atoms with van der Waals surface area (Å²) in [6.45, 7) is -0.250. The number of benzene rings is 2. The number of carboxylic acids is 1. The quantitative estimate of drug-likeness (QED) is 0.727. The standard InChI is InChI=1S/C11H8O2.CH2O2.3Co/c12-11(13)10-7-3-5-8-4-1-2-6-9(8)10;2-1-3;;;/h1-7H,(H,12,13);1H,(H,2,3);;;. The van der Waals surface area contributed by atoms with Crippen molar-refractivity contribution < 1.29 is 70.1 Å². The average Bonchev–Trinajstić information content (AvgIpc) is 2.29. The Morgan fingerprint density at radius 3 is 1.95 bits per heavy atom. The molecule has 2 rings (SSSR count). The molecule has 19 heavy (non-hydrogen) atoms. The maximum absolute atomic E-state index is 10.8. The van der Waals surface area contributed by atoms with E-state index in [1.54, 1.807) is 12.1 Å². The molecule has 109 valence electrons. The van der Waals surface area contributed by atoms with Crippen LogP contribution in [-0.4, -0.2) is 22.7 Å². The molecule has 2 N–H and O–H groups in total. The van der Waals surface area contributed by atoms with E-state index in [0.717, 1.165) is 10.8 Å². The molecule has 0 aliphatic rings. The summed E-state index contributed by atoms with van der Waals surface area (Å²) in [6, 6.07) is 12.7. The third kappa shape index (κ3) is 6.76. The van der Waals surface area contributed by atoms with Crippen LogP contribution in [0.2, 0.25) is 0 Å². The van der Waals surface area contributed by atoms with Gasteiger partial charge in [-0.15, -0.1) is 0 Å². The topological polar surface area (TPSA) is 74.6 Å². The SMILES string of the molecule is O=C(O)c1cccc2ccccc12.O=CO.[Co].[Co].[Co]. The van der Waals surface area contributed by atoms with E-state index in [1.165, 1.54) is 0 Å². The molecule has 0 amide bonds. The van der Waals surface area contributed by atoms with E-state index >= 15 is 0 Å². The van der Waals surface area contributed by atoms with Gasteiger partial charge in [0.05, 0.1) is 5.56 Å². The van der Waals surface area contributed by atoms with Gasteiger partial charge in [0.15, 0.2) is 0 Å². The second-order valence-corrected chi connectivity index (χ2v) is 2.94. The zero-order chi connectivity index (χ0) is 12.0. The fourth-order valence-electron chi connectivity index (χ4n) is 1.41. The number of carbonyl (C=O) groups is 2. The van der Waals surface area contributed by atoms with E-state index < -0.39 is 5.97 Å². The molecule has 0 heterocycles. The zero-order valence-electron chi connectivity index (χ0n) is 9.33. The summed E-state index contributed by atoms with van der Waals surface area (Å²) in [5.74, 6) is -0.878. The van der Waals surface area contributed by atoms with Crippen molar-refractivity contribution in [2.75, 3.05) is 0 Å². The van der Waals surface area contributed by atoms with Crippen molar-refractivity contribution in [1.29, 1.82) is 0 Å². The van der Waals surface area contributed by atoms with Crippen LogP contribution in [0.4, 0.5) is 0 Å². The molecule has 0 bridgehead atoms. The summed E-state index contributed by atoms with van der Waals surface area (Å²) in [4.78, 5) is 19.2. The summed E-state index contributed by atoms with van der Waals surface area (Å²) >= 11 is 0. The van der Waals surface area contributed by atoms with E-state index in [4.69, 9.17) is 15.0 Å². The molecular weight excluding hydrogens is 385 g/mol. The molecule has 0 aromatic heterocycles. The van der Waals surface area contributed by atoms with E-state index in [-0.39, 0.29) is 56.8 Å². The number of aromatic carboxylic acids is 1. The predicted molar refractivity (Wildman–Crippen MR) is 59.6 cm³/mol. The summed E-state index contributed by atoms with van der Waals surface area (Å²) in [5, 5.41) is 17.5. The molecule has 0 fully saturated rings. The van der Waals surface area contributed by atoms with Crippen molar-refractivity contribution in [3.63, 3.8) is 0 Å². The monoisotopic (exact) mass is 395 g/mol. The number of fused-ring (bicyclic) bond motifs is 1. The van der Waals surface area contributed by atoms with Crippen molar-refractivity contribution >= 4 is 23.2 Å². The Labute approximate surface area is 141 Å². The van der Waals surface area contributed by atoms with Gasteiger partial charge in [-0.2, -0.15) is 0 Å². The molecule has 0 aliphatic carbocycles. The molecule has 0 unspecified atom stereocenters. The van der Waals surface area contributed by atoms with Gasteiger partial charge < -0.3 is 10.2 Å². The van der Waals surface area contributed by atoms with Crippen LogP contribution < -0.4 is 0 Å². The molecule has 4 nitrogen and oxygen atoms in total. The first-order valence-electron chi connectivity index (χ1n) is 4.49. The minimum atomic E-state index is -0.878.